The Balaban J connectivity index is 1.97. The Morgan fingerprint density at radius 1 is 1.26 bits per heavy atom. The van der Waals surface area contributed by atoms with Gasteiger partial charge in [0.15, 0.2) is 0 Å². The molecule has 3 N–H and O–H groups in total. The Bertz CT molecular complexity index is 859. The molecule has 7 heteroatoms. The second-order valence-electron chi connectivity index (χ2n) is 4.87. The zero-order valence-corrected chi connectivity index (χ0v) is 13.0. The first kappa shape index (κ1) is 15.1. The molecule has 3 aromatic rings. The summed E-state index contributed by atoms with van der Waals surface area (Å²) in [5.41, 5.74) is 7.41. The molecule has 2 heterocycles. The number of halogens is 1. The van der Waals surface area contributed by atoms with Crippen LogP contribution in [-0.4, -0.2) is 16.0 Å². The third-order valence-corrected chi connectivity index (χ3v) is 3.59. The summed E-state index contributed by atoms with van der Waals surface area (Å²) in [6, 6.07) is 10.4. The molecule has 3 rings (SSSR count). The highest BCUT2D eigenvalue weighted by molar-refractivity contribution is 6.33. The lowest BCUT2D eigenvalue weighted by molar-refractivity contribution is 0.102. The molecule has 0 unspecified atom stereocenters. The lowest BCUT2D eigenvalue weighted by Gasteiger charge is -2.06. The average molecular weight is 329 g/mol. The van der Waals surface area contributed by atoms with Gasteiger partial charge in [-0.1, -0.05) is 35.0 Å². The Morgan fingerprint density at radius 2 is 2.04 bits per heavy atom. The molecule has 23 heavy (non-hydrogen) atoms. The zero-order valence-electron chi connectivity index (χ0n) is 12.2. The van der Waals surface area contributed by atoms with Crippen molar-refractivity contribution in [3.63, 3.8) is 0 Å². The van der Waals surface area contributed by atoms with E-state index in [1.165, 1.54) is 6.20 Å². The number of hydrogen-bond donors (Lipinski definition) is 2. The van der Waals surface area contributed by atoms with Gasteiger partial charge in [-0.05, 0) is 25.1 Å². The number of nitrogens with zero attached hydrogens (tertiary/aromatic N) is 2. The van der Waals surface area contributed by atoms with Gasteiger partial charge in [-0.2, -0.15) is 0 Å². The molecule has 0 saturated heterocycles. The molecule has 2 aromatic heterocycles. The molecule has 116 valence electrons. The van der Waals surface area contributed by atoms with Crippen molar-refractivity contribution in [2.75, 3.05) is 11.1 Å². The van der Waals surface area contributed by atoms with E-state index >= 15 is 0 Å². The molecule has 0 aliphatic carbocycles. The third-order valence-electron chi connectivity index (χ3n) is 3.26. The molecule has 0 aliphatic heterocycles. The van der Waals surface area contributed by atoms with Crippen molar-refractivity contribution in [2.24, 2.45) is 0 Å². The molecular formula is C16H13ClN4O2. The van der Waals surface area contributed by atoms with E-state index in [1.807, 2.05) is 6.07 Å². The van der Waals surface area contributed by atoms with E-state index in [1.54, 1.807) is 37.3 Å². The number of rotatable bonds is 3. The first-order valence-electron chi connectivity index (χ1n) is 6.80. The van der Waals surface area contributed by atoms with Crippen LogP contribution in [0.3, 0.4) is 0 Å². The maximum atomic E-state index is 12.6. The summed E-state index contributed by atoms with van der Waals surface area (Å²) in [5.74, 6) is 0.423. The van der Waals surface area contributed by atoms with Crippen LogP contribution in [0.25, 0.3) is 11.3 Å². The van der Waals surface area contributed by atoms with Crippen molar-refractivity contribution in [2.45, 2.75) is 6.92 Å². The first-order valence-corrected chi connectivity index (χ1v) is 7.18. The molecule has 0 atom stereocenters. The second-order valence-corrected chi connectivity index (χ2v) is 5.28. The molecule has 1 amide bonds. The highest BCUT2D eigenvalue weighted by atomic mass is 35.5. The minimum Gasteiger partial charge on any atom is -0.384 e. The quantitative estimate of drug-likeness (QED) is 0.767. The normalized spacial score (nSPS) is 10.5. The summed E-state index contributed by atoms with van der Waals surface area (Å²) >= 11 is 6.19. The van der Waals surface area contributed by atoms with Crippen LogP contribution in [0.5, 0.6) is 0 Å². The first-order chi connectivity index (χ1) is 11.1. The fourth-order valence-corrected chi connectivity index (χ4v) is 2.37. The lowest BCUT2D eigenvalue weighted by atomic mass is 10.1. The summed E-state index contributed by atoms with van der Waals surface area (Å²) in [5, 5.41) is 7.20. The van der Waals surface area contributed by atoms with Gasteiger partial charge >= 0.3 is 0 Å². The molecule has 0 spiro atoms. The van der Waals surface area contributed by atoms with Crippen molar-refractivity contribution < 1.29 is 9.32 Å². The van der Waals surface area contributed by atoms with Crippen LogP contribution < -0.4 is 11.1 Å². The highest BCUT2D eigenvalue weighted by Crippen LogP contribution is 2.31. The van der Waals surface area contributed by atoms with Gasteiger partial charge in [0.2, 0.25) is 0 Å². The number of carbonyl (C=O) groups excluding carboxylic acids is 1. The predicted molar refractivity (Wildman–Crippen MR) is 88.3 cm³/mol. The van der Waals surface area contributed by atoms with Crippen molar-refractivity contribution >= 4 is 29.0 Å². The summed E-state index contributed by atoms with van der Waals surface area (Å²) in [6.07, 6.45) is 1.48. The Hall–Kier alpha value is -2.86. The fourth-order valence-electron chi connectivity index (χ4n) is 2.15. The van der Waals surface area contributed by atoms with Crippen LogP contribution in [0.15, 0.2) is 47.1 Å². The molecule has 0 aliphatic rings. The number of benzene rings is 1. The molecular weight excluding hydrogens is 316 g/mol. The maximum Gasteiger partial charge on any atom is 0.261 e. The lowest BCUT2D eigenvalue weighted by Crippen LogP contribution is -2.13. The van der Waals surface area contributed by atoms with Gasteiger partial charge in [-0.3, -0.25) is 4.79 Å². The van der Waals surface area contributed by atoms with Gasteiger partial charge in [-0.25, -0.2) is 4.98 Å². The summed E-state index contributed by atoms with van der Waals surface area (Å²) < 4.78 is 5.18. The standard InChI is InChI=1S/C16H13ClN4O2/c1-9-14(16(22)20-10-6-7-13(18)19-8-10)15(21-23-9)11-4-2-3-5-12(11)17/h2-8H,1H3,(H2,18,19)(H,20,22). The number of nitrogen functional groups attached to an aromatic ring is 1. The van der Waals surface area contributed by atoms with Crippen LogP contribution in [0.1, 0.15) is 16.1 Å². The van der Waals surface area contributed by atoms with Gasteiger partial charge in [0.25, 0.3) is 5.91 Å². The van der Waals surface area contributed by atoms with E-state index in [2.05, 4.69) is 15.5 Å². The van der Waals surface area contributed by atoms with Crippen LogP contribution in [-0.2, 0) is 0 Å². The number of carbonyl (C=O) groups is 1. The Labute approximate surface area is 137 Å². The molecule has 0 saturated carbocycles. The minimum atomic E-state index is -0.356. The number of pyridine rings is 1. The third kappa shape index (κ3) is 3.02. The van der Waals surface area contributed by atoms with E-state index in [-0.39, 0.29) is 5.91 Å². The summed E-state index contributed by atoms with van der Waals surface area (Å²) in [6.45, 7) is 1.67. The van der Waals surface area contributed by atoms with Gasteiger partial charge in [-0.15, -0.1) is 0 Å². The maximum absolute atomic E-state index is 12.6. The SMILES string of the molecule is Cc1onc(-c2ccccc2Cl)c1C(=O)Nc1ccc(N)nc1. The van der Waals surface area contributed by atoms with E-state index < -0.39 is 0 Å². The number of hydrogen-bond acceptors (Lipinski definition) is 5. The van der Waals surface area contributed by atoms with Gasteiger partial charge in [0.1, 0.15) is 22.8 Å². The number of anilines is 2. The molecule has 0 radical (unpaired) electrons. The number of amides is 1. The molecule has 0 fully saturated rings. The average Bonchev–Trinajstić information content (AvgIpc) is 2.91. The van der Waals surface area contributed by atoms with Crippen molar-refractivity contribution in [3.8, 4) is 11.3 Å². The van der Waals surface area contributed by atoms with Crippen molar-refractivity contribution in [3.05, 3.63) is 58.9 Å². The van der Waals surface area contributed by atoms with Gasteiger partial charge in [0, 0.05) is 5.56 Å². The molecule has 0 bridgehead atoms. The number of aromatic nitrogens is 2. The molecule has 1 aromatic carbocycles. The van der Waals surface area contributed by atoms with E-state index in [0.29, 0.717) is 39.1 Å². The highest BCUT2D eigenvalue weighted by Gasteiger charge is 2.23. The largest absolute Gasteiger partial charge is 0.384 e. The van der Waals surface area contributed by atoms with Gasteiger partial charge < -0.3 is 15.6 Å². The molecule has 6 nitrogen and oxygen atoms in total. The van der Waals surface area contributed by atoms with Crippen molar-refractivity contribution in [1.82, 2.24) is 10.1 Å². The van der Waals surface area contributed by atoms with Gasteiger partial charge in [0.05, 0.1) is 16.9 Å². The Morgan fingerprint density at radius 3 is 2.74 bits per heavy atom. The Kier molecular flexibility index (Phi) is 3.99. The van der Waals surface area contributed by atoms with Crippen LogP contribution >= 0.6 is 11.6 Å². The van der Waals surface area contributed by atoms with E-state index in [9.17, 15) is 4.79 Å². The van der Waals surface area contributed by atoms with Crippen LogP contribution in [0.4, 0.5) is 11.5 Å². The smallest absolute Gasteiger partial charge is 0.261 e. The minimum absolute atomic E-state index is 0.329. The van der Waals surface area contributed by atoms with Crippen LogP contribution in [0, 0.1) is 6.92 Å². The second kappa shape index (κ2) is 6.10. The number of nitrogens with two attached hydrogens (primary N) is 1. The zero-order chi connectivity index (χ0) is 16.4. The number of nitrogens with one attached hydrogen (secondary N) is 1. The number of aryl methyl sites for hydroxylation is 1. The van der Waals surface area contributed by atoms with E-state index in [4.69, 9.17) is 21.9 Å². The van der Waals surface area contributed by atoms with E-state index in [0.717, 1.165) is 0 Å². The predicted octanol–water partition coefficient (Wildman–Crippen LogP) is 3.53. The topological polar surface area (TPSA) is 94.0 Å². The summed E-state index contributed by atoms with van der Waals surface area (Å²) in [7, 11) is 0. The van der Waals surface area contributed by atoms with Crippen molar-refractivity contribution in [1.29, 1.82) is 0 Å². The fraction of sp³-hybridized carbons (Fsp3) is 0.0625. The summed E-state index contributed by atoms with van der Waals surface area (Å²) in [4.78, 5) is 16.5. The monoisotopic (exact) mass is 328 g/mol. The van der Waals surface area contributed by atoms with Crippen LogP contribution in [0.2, 0.25) is 5.02 Å².